The number of alkyl halides is 2. The van der Waals surface area contributed by atoms with Crippen molar-refractivity contribution in [2.45, 2.75) is 18.9 Å². The van der Waals surface area contributed by atoms with E-state index in [0.717, 1.165) is 6.07 Å². The average molecular weight is 222 g/mol. The monoisotopic (exact) mass is 222 g/mol. The van der Waals surface area contributed by atoms with Crippen molar-refractivity contribution < 1.29 is 17.6 Å². The van der Waals surface area contributed by atoms with Gasteiger partial charge in [-0.1, -0.05) is 12.1 Å². The zero-order valence-electron chi connectivity index (χ0n) is 7.68. The number of benzene rings is 1. The van der Waals surface area contributed by atoms with Crippen molar-refractivity contribution in [1.29, 1.82) is 0 Å². The lowest BCUT2D eigenvalue weighted by Gasteiger charge is -2.14. The molecule has 1 rings (SSSR count). The summed E-state index contributed by atoms with van der Waals surface area (Å²) in [5.41, 5.74) is 1.73. The minimum Gasteiger partial charge on any atom is -0.271 e. The highest BCUT2D eigenvalue weighted by molar-refractivity contribution is 5.20. The number of nitrogens with one attached hydrogen (secondary N) is 1. The molecule has 15 heavy (non-hydrogen) atoms. The summed E-state index contributed by atoms with van der Waals surface area (Å²) in [6.07, 6.45) is -3.10. The third kappa shape index (κ3) is 2.90. The van der Waals surface area contributed by atoms with Gasteiger partial charge >= 0.3 is 0 Å². The van der Waals surface area contributed by atoms with Gasteiger partial charge in [0, 0.05) is 0 Å². The van der Waals surface area contributed by atoms with Gasteiger partial charge in [-0.2, -0.15) is 0 Å². The van der Waals surface area contributed by atoms with E-state index in [1.54, 1.807) is 0 Å². The van der Waals surface area contributed by atoms with E-state index >= 15 is 0 Å². The molecule has 0 saturated heterocycles. The molecule has 2 nitrogen and oxygen atoms in total. The van der Waals surface area contributed by atoms with E-state index in [1.807, 2.05) is 5.43 Å². The smallest absolute Gasteiger partial charge is 0.255 e. The highest BCUT2D eigenvalue weighted by Gasteiger charge is 2.21. The third-order valence-electron chi connectivity index (χ3n) is 1.99. The lowest BCUT2D eigenvalue weighted by Crippen LogP contribution is -2.42. The predicted octanol–water partition coefficient (Wildman–Crippen LogP) is 1.60. The number of nitrogens with two attached hydrogens (primary N) is 1. The van der Waals surface area contributed by atoms with Gasteiger partial charge in [-0.25, -0.2) is 17.6 Å². The first-order valence-electron chi connectivity index (χ1n) is 4.23. The fourth-order valence-corrected chi connectivity index (χ4v) is 1.16. The van der Waals surface area contributed by atoms with Crippen molar-refractivity contribution >= 4 is 0 Å². The number of halogens is 4. The Morgan fingerprint density at radius 3 is 2.47 bits per heavy atom. The molecule has 1 aromatic carbocycles. The summed E-state index contributed by atoms with van der Waals surface area (Å²) in [6.45, 7) is 0. The zero-order chi connectivity index (χ0) is 11.4. The largest absolute Gasteiger partial charge is 0.271 e. The van der Waals surface area contributed by atoms with Gasteiger partial charge in [0.15, 0.2) is 11.6 Å². The molecule has 0 radical (unpaired) electrons. The Hall–Kier alpha value is -1.14. The first-order valence-corrected chi connectivity index (χ1v) is 4.23. The molecule has 0 aliphatic carbocycles. The molecule has 1 unspecified atom stereocenters. The maximum absolute atomic E-state index is 13.1. The second kappa shape index (κ2) is 5.09. The van der Waals surface area contributed by atoms with Crippen molar-refractivity contribution in [2.75, 3.05) is 0 Å². The maximum Gasteiger partial charge on any atom is 0.255 e. The van der Waals surface area contributed by atoms with E-state index in [9.17, 15) is 17.6 Å². The minimum absolute atomic E-state index is 0.127. The van der Waals surface area contributed by atoms with Crippen molar-refractivity contribution in [3.8, 4) is 0 Å². The molecule has 0 aliphatic rings. The van der Waals surface area contributed by atoms with Crippen LogP contribution in [-0.4, -0.2) is 12.5 Å². The average Bonchev–Trinajstić information content (AvgIpc) is 2.19. The molecule has 84 valence electrons. The Balaban J connectivity index is 2.84. The third-order valence-corrected chi connectivity index (χ3v) is 1.99. The van der Waals surface area contributed by atoms with Crippen LogP contribution < -0.4 is 11.3 Å². The fraction of sp³-hybridized carbons (Fsp3) is 0.333. The predicted molar refractivity (Wildman–Crippen MR) is 47.2 cm³/mol. The van der Waals surface area contributed by atoms with E-state index in [0.29, 0.717) is 0 Å². The first-order chi connectivity index (χ1) is 7.06. The summed E-state index contributed by atoms with van der Waals surface area (Å²) in [7, 11) is 0. The van der Waals surface area contributed by atoms with Gasteiger partial charge in [-0.3, -0.25) is 11.3 Å². The lowest BCUT2D eigenvalue weighted by atomic mass is 10.1. The molecule has 0 saturated carbocycles. The molecule has 6 heteroatoms. The van der Waals surface area contributed by atoms with E-state index in [1.165, 1.54) is 12.1 Å². The molecule has 1 atom stereocenters. The molecular weight excluding hydrogens is 212 g/mol. The van der Waals surface area contributed by atoms with Gasteiger partial charge in [0.2, 0.25) is 0 Å². The molecule has 1 aromatic rings. The minimum atomic E-state index is -2.74. The zero-order valence-corrected chi connectivity index (χ0v) is 7.68. The SMILES string of the molecule is NNC(Cc1cccc(F)c1F)C(F)F. The van der Waals surface area contributed by atoms with Crippen LogP contribution in [-0.2, 0) is 6.42 Å². The van der Waals surface area contributed by atoms with Gasteiger partial charge in [0.05, 0.1) is 6.04 Å². The van der Waals surface area contributed by atoms with Crippen LogP contribution in [0.3, 0.4) is 0 Å². The van der Waals surface area contributed by atoms with Crippen molar-refractivity contribution in [3.63, 3.8) is 0 Å². The molecule has 0 bridgehead atoms. The Morgan fingerprint density at radius 2 is 1.93 bits per heavy atom. The second-order valence-electron chi connectivity index (χ2n) is 3.02. The standard InChI is InChI=1S/C9H10F4N2/c10-6-3-1-2-5(8(6)11)4-7(15-14)9(12)13/h1-3,7,9,15H,4,14H2. The molecule has 0 spiro atoms. The summed E-state index contributed by atoms with van der Waals surface area (Å²) in [6, 6.07) is 2.03. The summed E-state index contributed by atoms with van der Waals surface area (Å²) in [5.74, 6) is 2.69. The number of hydrogen-bond donors (Lipinski definition) is 2. The molecule has 0 aliphatic heterocycles. The van der Waals surface area contributed by atoms with Crippen LogP contribution in [0.15, 0.2) is 18.2 Å². The van der Waals surface area contributed by atoms with E-state index in [4.69, 9.17) is 5.84 Å². The van der Waals surface area contributed by atoms with Crippen molar-refractivity contribution in [2.24, 2.45) is 5.84 Å². The van der Waals surface area contributed by atoms with Crippen LogP contribution in [0.4, 0.5) is 17.6 Å². The Morgan fingerprint density at radius 1 is 1.27 bits per heavy atom. The topological polar surface area (TPSA) is 38.0 Å². The van der Waals surface area contributed by atoms with Gasteiger partial charge in [-0.15, -0.1) is 0 Å². The number of hydrazine groups is 1. The Bertz CT molecular complexity index is 330. The maximum atomic E-state index is 13.1. The Kier molecular flexibility index (Phi) is 4.05. The van der Waals surface area contributed by atoms with Gasteiger partial charge < -0.3 is 0 Å². The van der Waals surface area contributed by atoms with Crippen LogP contribution >= 0.6 is 0 Å². The lowest BCUT2D eigenvalue weighted by molar-refractivity contribution is 0.0979. The van der Waals surface area contributed by atoms with Crippen LogP contribution in [0, 0.1) is 11.6 Å². The Labute approximate surface area is 84.0 Å². The summed E-state index contributed by atoms with van der Waals surface area (Å²) >= 11 is 0. The fourth-order valence-electron chi connectivity index (χ4n) is 1.16. The normalized spacial score (nSPS) is 13.2. The van der Waals surface area contributed by atoms with Crippen molar-refractivity contribution in [1.82, 2.24) is 5.43 Å². The number of rotatable bonds is 4. The summed E-state index contributed by atoms with van der Waals surface area (Å²) in [4.78, 5) is 0. The van der Waals surface area contributed by atoms with Crippen molar-refractivity contribution in [3.05, 3.63) is 35.4 Å². The molecule has 0 amide bonds. The van der Waals surface area contributed by atoms with Gasteiger partial charge in [-0.05, 0) is 18.1 Å². The van der Waals surface area contributed by atoms with E-state index in [-0.39, 0.29) is 12.0 Å². The van der Waals surface area contributed by atoms with Crippen LogP contribution in [0.2, 0.25) is 0 Å². The summed E-state index contributed by atoms with van der Waals surface area (Å²) < 4.78 is 50.3. The highest BCUT2D eigenvalue weighted by Crippen LogP contribution is 2.15. The van der Waals surface area contributed by atoms with E-state index in [2.05, 4.69) is 0 Å². The van der Waals surface area contributed by atoms with Gasteiger partial charge in [0.25, 0.3) is 6.43 Å². The quantitative estimate of drug-likeness (QED) is 0.461. The number of hydrogen-bond acceptors (Lipinski definition) is 2. The molecule has 0 aromatic heterocycles. The van der Waals surface area contributed by atoms with Crippen LogP contribution in [0.25, 0.3) is 0 Å². The first kappa shape index (κ1) is 11.9. The molecule has 0 fully saturated rings. The van der Waals surface area contributed by atoms with Gasteiger partial charge in [0.1, 0.15) is 0 Å². The van der Waals surface area contributed by atoms with Crippen LogP contribution in [0.5, 0.6) is 0 Å². The highest BCUT2D eigenvalue weighted by atomic mass is 19.3. The van der Waals surface area contributed by atoms with Crippen LogP contribution in [0.1, 0.15) is 5.56 Å². The molecular formula is C9H10F4N2. The molecule has 3 N–H and O–H groups in total. The summed E-state index contributed by atoms with van der Waals surface area (Å²) in [5, 5.41) is 0. The van der Waals surface area contributed by atoms with E-state index < -0.39 is 24.1 Å². The second-order valence-corrected chi connectivity index (χ2v) is 3.02. The molecule has 0 heterocycles.